The van der Waals surface area contributed by atoms with E-state index in [1.165, 1.54) is 5.56 Å². The summed E-state index contributed by atoms with van der Waals surface area (Å²) in [6, 6.07) is 15.9. The van der Waals surface area contributed by atoms with Gasteiger partial charge in [-0.15, -0.1) is 24.0 Å². The molecule has 30 heavy (non-hydrogen) atoms. The van der Waals surface area contributed by atoms with Crippen molar-refractivity contribution in [2.24, 2.45) is 4.99 Å². The molecular formula is C23H31IN4O2. The van der Waals surface area contributed by atoms with Crippen molar-refractivity contribution in [1.82, 2.24) is 15.5 Å². The number of nitrogens with one attached hydrogen (secondary N) is 2. The first-order valence-corrected chi connectivity index (χ1v) is 9.88. The molecular weight excluding hydrogens is 491 g/mol. The summed E-state index contributed by atoms with van der Waals surface area (Å²) in [6.07, 6.45) is 2.28. The number of guanidine groups is 1. The zero-order valence-electron chi connectivity index (χ0n) is 18.1. The van der Waals surface area contributed by atoms with Gasteiger partial charge in [0.15, 0.2) is 5.96 Å². The number of halogens is 1. The van der Waals surface area contributed by atoms with Gasteiger partial charge in [-0.05, 0) is 36.6 Å². The lowest BCUT2D eigenvalue weighted by Crippen LogP contribution is -2.41. The van der Waals surface area contributed by atoms with Crippen LogP contribution in [0.1, 0.15) is 34.3 Å². The molecule has 1 fully saturated rings. The second-order valence-electron chi connectivity index (χ2n) is 7.66. The molecule has 0 saturated heterocycles. The van der Waals surface area contributed by atoms with E-state index >= 15 is 0 Å². The predicted octanol–water partition coefficient (Wildman–Crippen LogP) is 3.41. The highest BCUT2D eigenvalue weighted by molar-refractivity contribution is 14.0. The maximum atomic E-state index is 12.0. The smallest absolute Gasteiger partial charge is 0.253 e. The molecule has 7 heteroatoms. The van der Waals surface area contributed by atoms with Crippen molar-refractivity contribution in [3.8, 4) is 5.75 Å². The summed E-state index contributed by atoms with van der Waals surface area (Å²) in [4.78, 5) is 17.9. The zero-order valence-corrected chi connectivity index (χ0v) is 20.4. The van der Waals surface area contributed by atoms with Crippen molar-refractivity contribution in [3.63, 3.8) is 0 Å². The summed E-state index contributed by atoms with van der Waals surface area (Å²) in [6.45, 7) is 1.45. The molecule has 0 bridgehead atoms. The van der Waals surface area contributed by atoms with Crippen LogP contribution >= 0.6 is 24.0 Å². The molecule has 2 aromatic carbocycles. The van der Waals surface area contributed by atoms with Gasteiger partial charge in [0.25, 0.3) is 5.91 Å². The van der Waals surface area contributed by atoms with Crippen molar-refractivity contribution < 1.29 is 9.53 Å². The van der Waals surface area contributed by atoms with Crippen molar-refractivity contribution in [3.05, 3.63) is 65.2 Å². The van der Waals surface area contributed by atoms with Gasteiger partial charge in [-0.3, -0.25) is 9.79 Å². The molecule has 1 saturated carbocycles. The number of nitrogens with zero attached hydrogens (tertiary/aromatic N) is 2. The van der Waals surface area contributed by atoms with Crippen molar-refractivity contribution >= 4 is 35.8 Å². The molecule has 162 valence electrons. The van der Waals surface area contributed by atoms with Crippen LogP contribution in [0.15, 0.2) is 53.5 Å². The quantitative estimate of drug-likeness (QED) is 0.333. The second-order valence-corrected chi connectivity index (χ2v) is 7.66. The van der Waals surface area contributed by atoms with Gasteiger partial charge in [-0.25, -0.2) is 0 Å². The van der Waals surface area contributed by atoms with Gasteiger partial charge >= 0.3 is 0 Å². The lowest BCUT2D eigenvalue weighted by molar-refractivity contribution is 0.0827. The van der Waals surface area contributed by atoms with E-state index in [2.05, 4.69) is 27.8 Å². The number of carbonyl (C=O) groups is 1. The van der Waals surface area contributed by atoms with Crippen LogP contribution in [0.3, 0.4) is 0 Å². The summed E-state index contributed by atoms with van der Waals surface area (Å²) in [5, 5.41) is 6.81. The van der Waals surface area contributed by atoms with E-state index in [0.717, 1.165) is 36.7 Å². The molecule has 0 spiro atoms. The molecule has 2 aromatic rings. The Morgan fingerprint density at radius 1 is 1.10 bits per heavy atom. The Labute approximate surface area is 196 Å². The molecule has 0 atom stereocenters. The fraction of sp³-hybridized carbons (Fsp3) is 0.391. The predicted molar refractivity (Wildman–Crippen MR) is 132 cm³/mol. The topological polar surface area (TPSA) is 66.0 Å². The van der Waals surface area contributed by atoms with Gasteiger partial charge in [0.2, 0.25) is 0 Å². The van der Waals surface area contributed by atoms with Crippen molar-refractivity contribution in [2.45, 2.75) is 24.8 Å². The molecule has 0 heterocycles. The highest BCUT2D eigenvalue weighted by atomic mass is 127. The van der Waals surface area contributed by atoms with Crippen molar-refractivity contribution in [1.29, 1.82) is 0 Å². The van der Waals surface area contributed by atoms with E-state index in [1.54, 1.807) is 33.2 Å². The van der Waals surface area contributed by atoms with Crippen LogP contribution in [0.2, 0.25) is 0 Å². The molecule has 6 nitrogen and oxygen atoms in total. The molecule has 1 amide bonds. The van der Waals surface area contributed by atoms with Gasteiger partial charge in [0.1, 0.15) is 5.75 Å². The molecule has 0 radical (unpaired) electrons. The number of methoxy groups -OCH3 is 1. The minimum absolute atomic E-state index is 0. The monoisotopic (exact) mass is 522 g/mol. The summed E-state index contributed by atoms with van der Waals surface area (Å²) >= 11 is 0. The van der Waals surface area contributed by atoms with Crippen LogP contribution in [-0.2, 0) is 12.0 Å². The first-order valence-electron chi connectivity index (χ1n) is 9.88. The lowest BCUT2D eigenvalue weighted by Gasteiger charge is -2.21. The number of rotatable bonds is 7. The Morgan fingerprint density at radius 3 is 2.33 bits per heavy atom. The Kier molecular flexibility index (Phi) is 8.52. The number of ether oxygens (including phenoxy) is 1. The number of hydrogen-bond donors (Lipinski definition) is 2. The maximum Gasteiger partial charge on any atom is 0.253 e. The molecule has 2 N–H and O–H groups in total. The average Bonchev–Trinajstić information content (AvgIpc) is 3.54. The van der Waals surface area contributed by atoms with Crippen molar-refractivity contribution in [2.75, 3.05) is 34.8 Å². The normalized spacial score (nSPS) is 14.3. The Bertz CT molecular complexity index is 877. The van der Waals surface area contributed by atoms with Gasteiger partial charge < -0.3 is 20.3 Å². The third kappa shape index (κ3) is 5.65. The molecule has 0 unspecified atom stereocenters. The van der Waals surface area contributed by atoms with E-state index < -0.39 is 0 Å². The largest absolute Gasteiger partial charge is 0.496 e. The highest BCUT2D eigenvalue weighted by Crippen LogP contribution is 2.50. The third-order valence-corrected chi connectivity index (χ3v) is 5.42. The molecule has 0 aromatic heterocycles. The van der Waals surface area contributed by atoms with Gasteiger partial charge in [0, 0.05) is 50.8 Å². The van der Waals surface area contributed by atoms with Crippen LogP contribution in [0.25, 0.3) is 0 Å². The lowest BCUT2D eigenvalue weighted by atomic mass is 9.95. The third-order valence-electron chi connectivity index (χ3n) is 5.42. The van der Waals surface area contributed by atoms with E-state index in [0.29, 0.717) is 12.1 Å². The molecule has 1 aliphatic carbocycles. The van der Waals surface area contributed by atoms with Gasteiger partial charge in [-0.2, -0.15) is 0 Å². The zero-order chi connectivity index (χ0) is 20.9. The van der Waals surface area contributed by atoms with Crippen LogP contribution in [0, 0.1) is 0 Å². The molecule has 1 aliphatic rings. The fourth-order valence-corrected chi connectivity index (χ4v) is 3.46. The number of amides is 1. The molecule has 0 aliphatic heterocycles. The molecule has 3 rings (SSSR count). The summed E-state index contributed by atoms with van der Waals surface area (Å²) in [5.74, 6) is 1.72. The van der Waals surface area contributed by atoms with Crippen LogP contribution < -0.4 is 15.4 Å². The fourth-order valence-electron chi connectivity index (χ4n) is 3.46. The van der Waals surface area contributed by atoms with Gasteiger partial charge in [0.05, 0.1) is 7.11 Å². The maximum absolute atomic E-state index is 12.0. The van der Waals surface area contributed by atoms with E-state index in [1.807, 2.05) is 36.4 Å². The van der Waals surface area contributed by atoms with E-state index in [4.69, 9.17) is 4.74 Å². The first-order chi connectivity index (χ1) is 14.0. The first kappa shape index (κ1) is 24.0. The number of benzene rings is 2. The van der Waals surface area contributed by atoms with Crippen LogP contribution in [0.4, 0.5) is 0 Å². The summed E-state index contributed by atoms with van der Waals surface area (Å²) < 4.78 is 5.55. The second kappa shape index (κ2) is 10.7. The van der Waals surface area contributed by atoms with Gasteiger partial charge in [-0.1, -0.05) is 30.3 Å². The number of hydrogen-bond acceptors (Lipinski definition) is 3. The minimum atomic E-state index is 0. The number of aliphatic imine (C=N–C) groups is 1. The van der Waals surface area contributed by atoms with E-state index in [-0.39, 0.29) is 35.3 Å². The summed E-state index contributed by atoms with van der Waals surface area (Å²) in [5.41, 5.74) is 3.15. The minimum Gasteiger partial charge on any atom is -0.496 e. The Morgan fingerprint density at radius 2 is 1.77 bits per heavy atom. The summed E-state index contributed by atoms with van der Waals surface area (Å²) in [7, 11) is 7.01. The SMILES string of the molecule is CN=C(NCc1ccc(C(=O)N(C)C)cc1)NCC1(c2ccccc2OC)CC1.I. The van der Waals surface area contributed by atoms with Crippen LogP contribution in [0.5, 0.6) is 5.75 Å². The van der Waals surface area contributed by atoms with E-state index in [9.17, 15) is 4.79 Å². The Hall–Kier alpha value is -2.29. The van der Waals surface area contributed by atoms with Crippen LogP contribution in [-0.4, -0.2) is 51.6 Å². The highest BCUT2D eigenvalue weighted by Gasteiger charge is 2.46. The average molecular weight is 522 g/mol. The Balaban J connectivity index is 0.00000320. The number of carbonyl (C=O) groups excluding carboxylic acids is 1. The number of para-hydroxylation sites is 1. The standard InChI is InChI=1S/C23H30N4O2.HI/c1-24-22(25-15-17-9-11-18(12-10-17)21(28)27(2)3)26-16-23(13-14-23)19-7-5-6-8-20(19)29-4;/h5-12H,13-16H2,1-4H3,(H2,24,25,26);1H.